The first-order valence-electron chi connectivity index (χ1n) is 6.83. The van der Waals surface area contributed by atoms with Crippen LogP contribution in [0.4, 0.5) is 0 Å². The average molecular weight is 228 g/mol. The Morgan fingerprint density at radius 3 is 2.94 bits per heavy atom. The molecule has 0 aromatic carbocycles. The Morgan fingerprint density at radius 2 is 2.25 bits per heavy atom. The third kappa shape index (κ3) is 4.40. The molecule has 2 unspecified atom stereocenters. The number of morpholine rings is 1. The van der Waals surface area contributed by atoms with E-state index in [1.165, 1.54) is 19.3 Å². The van der Waals surface area contributed by atoms with Gasteiger partial charge in [0, 0.05) is 18.6 Å². The van der Waals surface area contributed by atoms with Crippen molar-refractivity contribution >= 4 is 0 Å². The van der Waals surface area contributed by atoms with Crippen LogP contribution in [0.25, 0.3) is 0 Å². The largest absolute Gasteiger partial charge is 0.378 e. The number of hydrogen-bond donors (Lipinski definition) is 1. The van der Waals surface area contributed by atoms with Gasteiger partial charge >= 0.3 is 0 Å². The molecule has 1 aliphatic heterocycles. The SMILES string of the molecule is CCNCCCC(C)N1CCOCC1CC. The second kappa shape index (κ2) is 8.04. The molecule has 0 radical (unpaired) electrons. The summed E-state index contributed by atoms with van der Waals surface area (Å²) in [6.45, 7) is 12.0. The van der Waals surface area contributed by atoms with Crippen LogP contribution < -0.4 is 5.32 Å². The highest BCUT2D eigenvalue weighted by Gasteiger charge is 2.25. The Bertz CT molecular complexity index is 175. The van der Waals surface area contributed by atoms with Crippen molar-refractivity contribution in [1.82, 2.24) is 10.2 Å². The second-order valence-corrected chi connectivity index (χ2v) is 4.72. The highest BCUT2D eigenvalue weighted by molar-refractivity contribution is 4.78. The maximum absolute atomic E-state index is 5.54. The van der Waals surface area contributed by atoms with Gasteiger partial charge in [-0.05, 0) is 39.3 Å². The minimum atomic E-state index is 0.642. The lowest BCUT2D eigenvalue weighted by molar-refractivity contribution is -0.0282. The highest BCUT2D eigenvalue weighted by Crippen LogP contribution is 2.16. The summed E-state index contributed by atoms with van der Waals surface area (Å²) in [6.07, 6.45) is 3.78. The Balaban J connectivity index is 2.24. The van der Waals surface area contributed by atoms with Crippen molar-refractivity contribution in [2.24, 2.45) is 0 Å². The van der Waals surface area contributed by atoms with Gasteiger partial charge < -0.3 is 10.1 Å². The molecule has 0 amide bonds. The van der Waals surface area contributed by atoms with E-state index >= 15 is 0 Å². The standard InChI is InChI=1S/C13H28N2O/c1-4-13-11-16-10-9-15(13)12(3)7-6-8-14-5-2/h12-14H,4-11H2,1-3H3. The van der Waals surface area contributed by atoms with E-state index < -0.39 is 0 Å². The molecule has 1 fully saturated rings. The van der Waals surface area contributed by atoms with E-state index in [0.717, 1.165) is 32.8 Å². The highest BCUT2D eigenvalue weighted by atomic mass is 16.5. The molecule has 96 valence electrons. The van der Waals surface area contributed by atoms with E-state index in [2.05, 4.69) is 31.0 Å². The normalized spacial score (nSPS) is 24.6. The molecule has 0 aromatic rings. The van der Waals surface area contributed by atoms with Crippen LogP contribution >= 0.6 is 0 Å². The van der Waals surface area contributed by atoms with Gasteiger partial charge in [-0.2, -0.15) is 0 Å². The van der Waals surface area contributed by atoms with E-state index in [-0.39, 0.29) is 0 Å². The van der Waals surface area contributed by atoms with E-state index in [4.69, 9.17) is 4.74 Å². The molecule has 1 aliphatic rings. The number of nitrogens with one attached hydrogen (secondary N) is 1. The summed E-state index contributed by atoms with van der Waals surface area (Å²) in [6, 6.07) is 1.34. The minimum absolute atomic E-state index is 0.642. The summed E-state index contributed by atoms with van der Waals surface area (Å²) >= 11 is 0. The van der Waals surface area contributed by atoms with Gasteiger partial charge in [0.2, 0.25) is 0 Å². The zero-order valence-electron chi connectivity index (χ0n) is 11.2. The molecule has 0 aliphatic carbocycles. The van der Waals surface area contributed by atoms with Gasteiger partial charge in [-0.25, -0.2) is 0 Å². The third-order valence-corrected chi connectivity index (χ3v) is 3.54. The molecule has 0 aromatic heterocycles. The van der Waals surface area contributed by atoms with Crippen molar-refractivity contribution in [3.05, 3.63) is 0 Å². The summed E-state index contributed by atoms with van der Waals surface area (Å²) in [5, 5.41) is 3.39. The van der Waals surface area contributed by atoms with Gasteiger partial charge in [-0.15, -0.1) is 0 Å². The maximum atomic E-state index is 5.54. The van der Waals surface area contributed by atoms with Crippen LogP contribution in [0.3, 0.4) is 0 Å². The first-order valence-corrected chi connectivity index (χ1v) is 6.83. The summed E-state index contributed by atoms with van der Waals surface area (Å²) in [4.78, 5) is 2.63. The van der Waals surface area contributed by atoms with Gasteiger partial charge in [-0.3, -0.25) is 4.90 Å². The van der Waals surface area contributed by atoms with Crippen LogP contribution in [0, 0.1) is 0 Å². The Hall–Kier alpha value is -0.120. The van der Waals surface area contributed by atoms with Gasteiger partial charge in [0.1, 0.15) is 0 Å². The van der Waals surface area contributed by atoms with Crippen LogP contribution in [-0.2, 0) is 4.74 Å². The summed E-state index contributed by atoms with van der Waals surface area (Å²) < 4.78 is 5.54. The van der Waals surface area contributed by atoms with Crippen molar-refractivity contribution in [3.63, 3.8) is 0 Å². The molecule has 3 heteroatoms. The number of rotatable bonds is 7. The molecule has 1 rings (SSSR count). The molecule has 3 nitrogen and oxygen atoms in total. The molecule has 0 spiro atoms. The summed E-state index contributed by atoms with van der Waals surface area (Å²) in [5.41, 5.74) is 0. The van der Waals surface area contributed by atoms with Crippen molar-refractivity contribution in [2.75, 3.05) is 32.8 Å². The number of nitrogens with zero attached hydrogens (tertiary/aromatic N) is 1. The topological polar surface area (TPSA) is 24.5 Å². The van der Waals surface area contributed by atoms with Crippen LogP contribution in [0.2, 0.25) is 0 Å². The fourth-order valence-corrected chi connectivity index (χ4v) is 2.47. The number of ether oxygens (including phenoxy) is 1. The Morgan fingerprint density at radius 1 is 1.44 bits per heavy atom. The first kappa shape index (κ1) is 13.9. The Kier molecular flexibility index (Phi) is 7.01. The van der Waals surface area contributed by atoms with Crippen LogP contribution in [-0.4, -0.2) is 49.8 Å². The fraction of sp³-hybridized carbons (Fsp3) is 1.00. The van der Waals surface area contributed by atoms with Crippen molar-refractivity contribution in [1.29, 1.82) is 0 Å². The molecule has 1 N–H and O–H groups in total. The molecule has 2 atom stereocenters. The lowest BCUT2D eigenvalue weighted by Gasteiger charge is -2.39. The minimum Gasteiger partial charge on any atom is -0.378 e. The second-order valence-electron chi connectivity index (χ2n) is 4.72. The quantitative estimate of drug-likeness (QED) is 0.673. The zero-order valence-corrected chi connectivity index (χ0v) is 11.2. The van der Waals surface area contributed by atoms with Gasteiger partial charge in [0.05, 0.1) is 13.2 Å². The van der Waals surface area contributed by atoms with E-state index in [9.17, 15) is 0 Å². The molecule has 0 bridgehead atoms. The lowest BCUT2D eigenvalue weighted by Crippen LogP contribution is -2.49. The maximum Gasteiger partial charge on any atom is 0.0622 e. The molecule has 1 saturated heterocycles. The fourth-order valence-electron chi connectivity index (χ4n) is 2.47. The van der Waals surface area contributed by atoms with E-state index in [1.807, 2.05) is 0 Å². The predicted octanol–water partition coefficient (Wildman–Crippen LogP) is 1.88. The summed E-state index contributed by atoms with van der Waals surface area (Å²) in [5.74, 6) is 0. The van der Waals surface area contributed by atoms with Crippen molar-refractivity contribution in [2.45, 2.75) is 52.1 Å². The van der Waals surface area contributed by atoms with Crippen molar-refractivity contribution < 1.29 is 4.74 Å². The lowest BCUT2D eigenvalue weighted by atomic mass is 10.1. The zero-order chi connectivity index (χ0) is 11.8. The number of hydrogen-bond acceptors (Lipinski definition) is 3. The van der Waals surface area contributed by atoms with Gasteiger partial charge in [0.25, 0.3) is 0 Å². The van der Waals surface area contributed by atoms with E-state index in [0.29, 0.717) is 12.1 Å². The Labute approximate surface area is 101 Å². The van der Waals surface area contributed by atoms with E-state index in [1.54, 1.807) is 0 Å². The average Bonchev–Trinajstić information content (AvgIpc) is 2.34. The van der Waals surface area contributed by atoms with Crippen LogP contribution in [0.5, 0.6) is 0 Å². The first-order chi connectivity index (χ1) is 7.79. The summed E-state index contributed by atoms with van der Waals surface area (Å²) in [7, 11) is 0. The predicted molar refractivity (Wildman–Crippen MR) is 68.8 cm³/mol. The molecular weight excluding hydrogens is 200 g/mol. The third-order valence-electron chi connectivity index (χ3n) is 3.54. The molecular formula is C13H28N2O. The van der Waals surface area contributed by atoms with Crippen LogP contribution in [0.1, 0.15) is 40.0 Å². The van der Waals surface area contributed by atoms with Crippen molar-refractivity contribution in [3.8, 4) is 0 Å². The van der Waals surface area contributed by atoms with Gasteiger partial charge in [-0.1, -0.05) is 13.8 Å². The molecule has 1 heterocycles. The van der Waals surface area contributed by atoms with Gasteiger partial charge in [0.15, 0.2) is 0 Å². The monoisotopic (exact) mass is 228 g/mol. The molecule has 16 heavy (non-hydrogen) atoms. The smallest absolute Gasteiger partial charge is 0.0622 e. The molecule has 0 saturated carbocycles. The van der Waals surface area contributed by atoms with Crippen LogP contribution in [0.15, 0.2) is 0 Å².